The number of carbonyl (C=O) groups is 2. The molecule has 0 aliphatic heterocycles. The van der Waals surface area contributed by atoms with Crippen LogP contribution >= 0.6 is 0 Å². The molecule has 0 bridgehead atoms. The first-order valence-corrected chi connectivity index (χ1v) is 8.64. The third kappa shape index (κ3) is 8.49. The molecule has 0 unspecified atom stereocenters. The number of nitriles is 1. The van der Waals surface area contributed by atoms with Gasteiger partial charge in [0.2, 0.25) is 0 Å². The van der Waals surface area contributed by atoms with Gasteiger partial charge in [-0.3, -0.25) is 4.79 Å². The van der Waals surface area contributed by atoms with E-state index in [9.17, 15) is 9.59 Å². The summed E-state index contributed by atoms with van der Waals surface area (Å²) in [6, 6.07) is 5.82. The van der Waals surface area contributed by atoms with Gasteiger partial charge in [-0.25, -0.2) is 4.79 Å². The smallest absolute Gasteiger partial charge is 0.328 e. The fourth-order valence-corrected chi connectivity index (χ4v) is 2.28. The Kier molecular flexibility index (Phi) is 11.5. The van der Waals surface area contributed by atoms with Crippen LogP contribution in [0.3, 0.4) is 0 Å². The monoisotopic (exact) mass is 363 g/mol. The second-order valence-corrected chi connectivity index (χ2v) is 5.70. The molecular weight excluding hydrogens is 334 g/mol. The van der Waals surface area contributed by atoms with Crippen molar-refractivity contribution in [1.29, 1.82) is 5.26 Å². The Labute approximate surface area is 155 Å². The number of carboxylic acids is 1. The standard InChI is InChI=1S/C17H24N2O2.C2H5NO2/c1-5-14-10-12(3)11-15(6-2)16(14)19-13(4)17(20)21-9-7-8-18;3-1-2(4)5/h10-11,13,19H,5-7,9H2,1-4H3;1,3H2,(H,4,5)/t13-;/m0./s1. The van der Waals surface area contributed by atoms with Crippen molar-refractivity contribution >= 4 is 17.6 Å². The average molecular weight is 363 g/mol. The molecule has 0 aromatic heterocycles. The van der Waals surface area contributed by atoms with Gasteiger partial charge in [-0.1, -0.05) is 31.5 Å². The second kappa shape index (κ2) is 12.7. The maximum atomic E-state index is 11.9. The van der Waals surface area contributed by atoms with Gasteiger partial charge in [0.1, 0.15) is 12.6 Å². The van der Waals surface area contributed by atoms with Gasteiger partial charge in [0.05, 0.1) is 19.0 Å². The van der Waals surface area contributed by atoms with E-state index >= 15 is 0 Å². The lowest BCUT2D eigenvalue weighted by Gasteiger charge is -2.20. The second-order valence-electron chi connectivity index (χ2n) is 5.70. The summed E-state index contributed by atoms with van der Waals surface area (Å²) in [6.45, 7) is 7.95. The topological polar surface area (TPSA) is 125 Å². The maximum absolute atomic E-state index is 11.9. The van der Waals surface area contributed by atoms with Crippen LogP contribution in [-0.2, 0) is 27.2 Å². The number of aliphatic carboxylic acids is 1. The number of ether oxygens (including phenoxy) is 1. The van der Waals surface area contributed by atoms with E-state index in [0.29, 0.717) is 0 Å². The molecule has 7 heteroatoms. The van der Waals surface area contributed by atoms with Crippen LogP contribution in [0.4, 0.5) is 5.69 Å². The summed E-state index contributed by atoms with van der Waals surface area (Å²) < 4.78 is 5.06. The zero-order chi connectivity index (χ0) is 20.1. The molecule has 0 saturated heterocycles. The summed E-state index contributed by atoms with van der Waals surface area (Å²) in [5.41, 5.74) is 9.27. The van der Waals surface area contributed by atoms with Crippen LogP contribution in [0.5, 0.6) is 0 Å². The number of carbonyl (C=O) groups excluding carboxylic acids is 1. The zero-order valence-electron chi connectivity index (χ0n) is 16.0. The van der Waals surface area contributed by atoms with E-state index in [-0.39, 0.29) is 25.5 Å². The van der Waals surface area contributed by atoms with Crippen molar-refractivity contribution in [2.24, 2.45) is 5.73 Å². The molecule has 1 atom stereocenters. The van der Waals surface area contributed by atoms with Gasteiger partial charge in [-0.15, -0.1) is 0 Å². The Morgan fingerprint density at radius 3 is 2.19 bits per heavy atom. The van der Waals surface area contributed by atoms with Gasteiger partial charge in [0.25, 0.3) is 0 Å². The highest BCUT2D eigenvalue weighted by Crippen LogP contribution is 2.25. The third-order valence-electron chi connectivity index (χ3n) is 3.56. The molecule has 0 heterocycles. The lowest BCUT2D eigenvalue weighted by molar-refractivity contribution is -0.144. The van der Waals surface area contributed by atoms with Crippen molar-refractivity contribution in [1.82, 2.24) is 0 Å². The van der Waals surface area contributed by atoms with Crippen molar-refractivity contribution in [2.75, 3.05) is 18.5 Å². The summed E-state index contributed by atoms with van der Waals surface area (Å²) in [7, 11) is 0. The van der Waals surface area contributed by atoms with Crippen molar-refractivity contribution in [3.05, 3.63) is 28.8 Å². The van der Waals surface area contributed by atoms with Crippen molar-refractivity contribution in [3.8, 4) is 6.07 Å². The van der Waals surface area contributed by atoms with E-state index < -0.39 is 12.0 Å². The Bertz CT molecular complexity index is 613. The highest BCUT2D eigenvalue weighted by molar-refractivity contribution is 5.80. The molecule has 4 N–H and O–H groups in total. The van der Waals surface area contributed by atoms with E-state index in [1.54, 1.807) is 6.92 Å². The SMILES string of the molecule is CCc1cc(C)cc(CC)c1N[C@@H](C)C(=O)OCCC#N.NCC(=O)O. The van der Waals surface area contributed by atoms with Gasteiger partial charge in [-0.05, 0) is 37.8 Å². The number of hydrogen-bond acceptors (Lipinski definition) is 6. The zero-order valence-corrected chi connectivity index (χ0v) is 16.0. The molecule has 0 amide bonds. The Morgan fingerprint density at radius 2 is 1.81 bits per heavy atom. The molecule has 7 nitrogen and oxygen atoms in total. The molecule has 0 aliphatic rings. The van der Waals surface area contributed by atoms with Crippen molar-refractivity contribution < 1.29 is 19.4 Å². The number of benzene rings is 1. The predicted octanol–water partition coefficient (Wildman–Crippen LogP) is 2.41. The highest BCUT2D eigenvalue weighted by Gasteiger charge is 2.17. The van der Waals surface area contributed by atoms with Crippen LogP contribution in [0.25, 0.3) is 0 Å². The Hall–Kier alpha value is -2.59. The molecule has 1 aromatic rings. The van der Waals surface area contributed by atoms with Crippen LogP contribution in [0.2, 0.25) is 0 Å². The van der Waals surface area contributed by atoms with E-state index in [2.05, 4.69) is 44.0 Å². The van der Waals surface area contributed by atoms with Gasteiger partial charge < -0.3 is 20.9 Å². The number of carboxylic acid groups (broad SMARTS) is 1. The fourth-order valence-electron chi connectivity index (χ4n) is 2.28. The van der Waals surface area contributed by atoms with Crippen LogP contribution in [0.15, 0.2) is 12.1 Å². The Morgan fingerprint density at radius 1 is 1.31 bits per heavy atom. The van der Waals surface area contributed by atoms with Gasteiger partial charge >= 0.3 is 11.9 Å². The number of nitrogens with zero attached hydrogens (tertiary/aromatic N) is 1. The summed E-state index contributed by atoms with van der Waals surface area (Å²) in [5, 5.41) is 19.3. The number of nitrogens with one attached hydrogen (secondary N) is 1. The van der Waals surface area contributed by atoms with Crippen molar-refractivity contribution in [3.63, 3.8) is 0 Å². The van der Waals surface area contributed by atoms with E-state index in [1.807, 2.05) is 6.07 Å². The third-order valence-corrected chi connectivity index (χ3v) is 3.56. The highest BCUT2D eigenvalue weighted by atomic mass is 16.5. The molecule has 1 rings (SSSR count). The quantitative estimate of drug-likeness (QED) is 0.478. The maximum Gasteiger partial charge on any atom is 0.328 e. The largest absolute Gasteiger partial charge is 0.480 e. The first-order valence-electron chi connectivity index (χ1n) is 8.64. The molecule has 0 fully saturated rings. The fraction of sp³-hybridized carbons (Fsp3) is 0.526. The van der Waals surface area contributed by atoms with Crippen molar-refractivity contribution in [2.45, 2.75) is 53.0 Å². The average Bonchev–Trinajstić information content (AvgIpc) is 2.62. The summed E-state index contributed by atoms with van der Waals surface area (Å²) >= 11 is 0. The summed E-state index contributed by atoms with van der Waals surface area (Å²) in [5.74, 6) is -1.29. The van der Waals surface area contributed by atoms with Gasteiger partial charge in [0, 0.05) is 5.69 Å². The number of hydrogen-bond donors (Lipinski definition) is 3. The van der Waals surface area contributed by atoms with Crippen LogP contribution < -0.4 is 11.1 Å². The summed E-state index contributed by atoms with van der Waals surface area (Å²) in [4.78, 5) is 21.1. The summed E-state index contributed by atoms with van der Waals surface area (Å²) in [6.07, 6.45) is 2.05. The molecule has 144 valence electrons. The number of rotatable bonds is 8. The van der Waals surface area contributed by atoms with E-state index in [1.165, 1.54) is 16.7 Å². The first kappa shape index (κ1) is 23.4. The lowest BCUT2D eigenvalue weighted by atomic mass is 9.99. The lowest BCUT2D eigenvalue weighted by Crippen LogP contribution is -2.29. The van der Waals surface area contributed by atoms with Gasteiger partial charge in [0.15, 0.2) is 0 Å². The van der Waals surface area contributed by atoms with Crippen LogP contribution in [-0.4, -0.2) is 36.2 Å². The normalized spacial score (nSPS) is 10.8. The van der Waals surface area contributed by atoms with Gasteiger partial charge in [-0.2, -0.15) is 5.26 Å². The number of esters is 1. The minimum absolute atomic E-state index is 0.149. The van der Waals surface area contributed by atoms with E-state index in [4.69, 9.17) is 15.1 Å². The number of aryl methyl sites for hydroxylation is 3. The Balaban J connectivity index is 0.00000110. The minimum Gasteiger partial charge on any atom is -0.480 e. The molecule has 0 aliphatic carbocycles. The molecule has 26 heavy (non-hydrogen) atoms. The molecule has 0 saturated carbocycles. The van der Waals surface area contributed by atoms with E-state index in [0.717, 1.165) is 18.5 Å². The number of nitrogens with two attached hydrogens (primary N) is 1. The molecule has 0 radical (unpaired) electrons. The van der Waals surface area contributed by atoms with Crippen LogP contribution in [0.1, 0.15) is 43.9 Å². The molecule has 1 aromatic carbocycles. The molecular formula is C19H29N3O4. The van der Waals surface area contributed by atoms with Crippen LogP contribution in [0, 0.1) is 18.3 Å². The predicted molar refractivity (Wildman–Crippen MR) is 101 cm³/mol. The first-order chi connectivity index (χ1) is 12.3. The number of anilines is 1. The molecule has 0 spiro atoms. The minimum atomic E-state index is -0.968.